The summed E-state index contributed by atoms with van der Waals surface area (Å²) in [7, 11) is 0. The van der Waals surface area contributed by atoms with E-state index in [4.69, 9.17) is 32.4 Å². The zero-order valence-electron chi connectivity index (χ0n) is 8.56. The number of benzene rings is 1. The van der Waals surface area contributed by atoms with E-state index in [1.165, 1.54) is 0 Å². The van der Waals surface area contributed by atoms with Crippen LogP contribution < -0.4 is 10.5 Å². The summed E-state index contributed by atoms with van der Waals surface area (Å²) in [6.07, 6.45) is 0.555. The van der Waals surface area contributed by atoms with Crippen LogP contribution in [0.5, 0.6) is 5.75 Å². The summed E-state index contributed by atoms with van der Waals surface area (Å²) in [6, 6.07) is 4.84. The molecule has 0 fully saturated rings. The first-order valence-electron chi connectivity index (χ1n) is 4.70. The van der Waals surface area contributed by atoms with Crippen LogP contribution in [0.15, 0.2) is 23.4 Å². The third kappa shape index (κ3) is 3.29. The Kier molecular flexibility index (Phi) is 4.88. The SMILES string of the molecule is NC(=NO)c1ccc(OCCCO)cc1Cl. The van der Waals surface area contributed by atoms with Crippen molar-refractivity contribution in [3.05, 3.63) is 28.8 Å². The van der Waals surface area contributed by atoms with Gasteiger partial charge in [0.2, 0.25) is 0 Å². The van der Waals surface area contributed by atoms with Crippen molar-refractivity contribution in [2.24, 2.45) is 10.9 Å². The molecule has 0 atom stereocenters. The average Bonchev–Trinajstić information content (AvgIpc) is 2.29. The molecule has 0 aliphatic rings. The van der Waals surface area contributed by atoms with Gasteiger partial charge in [0.05, 0.1) is 11.6 Å². The fourth-order valence-corrected chi connectivity index (χ4v) is 1.37. The second-order valence-corrected chi connectivity index (χ2v) is 3.46. The van der Waals surface area contributed by atoms with Crippen LogP contribution in [-0.2, 0) is 0 Å². The molecular formula is C10H13ClN2O3. The fraction of sp³-hybridized carbons (Fsp3) is 0.300. The van der Waals surface area contributed by atoms with Gasteiger partial charge in [0.15, 0.2) is 5.84 Å². The van der Waals surface area contributed by atoms with Crippen LogP contribution in [0.3, 0.4) is 0 Å². The summed E-state index contributed by atoms with van der Waals surface area (Å²) in [6.45, 7) is 0.492. The van der Waals surface area contributed by atoms with E-state index in [9.17, 15) is 0 Å². The number of oxime groups is 1. The van der Waals surface area contributed by atoms with Crippen LogP contribution in [0.2, 0.25) is 5.02 Å². The maximum atomic E-state index is 8.58. The number of nitrogens with zero attached hydrogens (tertiary/aromatic N) is 1. The second-order valence-electron chi connectivity index (χ2n) is 3.05. The Hall–Kier alpha value is -1.46. The molecule has 0 aromatic heterocycles. The third-order valence-corrected chi connectivity index (χ3v) is 2.21. The van der Waals surface area contributed by atoms with Crippen LogP contribution >= 0.6 is 11.6 Å². The van der Waals surface area contributed by atoms with E-state index in [1.807, 2.05) is 0 Å². The lowest BCUT2D eigenvalue weighted by Crippen LogP contribution is -2.13. The topological polar surface area (TPSA) is 88.1 Å². The molecule has 1 rings (SSSR count). The minimum absolute atomic E-state index is 0.0492. The van der Waals surface area contributed by atoms with E-state index < -0.39 is 0 Å². The van der Waals surface area contributed by atoms with Gasteiger partial charge in [-0.15, -0.1) is 0 Å². The molecule has 16 heavy (non-hydrogen) atoms. The van der Waals surface area contributed by atoms with E-state index in [0.29, 0.717) is 29.4 Å². The molecule has 0 saturated heterocycles. The van der Waals surface area contributed by atoms with Gasteiger partial charge >= 0.3 is 0 Å². The summed E-state index contributed by atoms with van der Waals surface area (Å²) >= 11 is 5.91. The largest absolute Gasteiger partial charge is 0.493 e. The zero-order chi connectivity index (χ0) is 12.0. The number of rotatable bonds is 5. The van der Waals surface area contributed by atoms with Gasteiger partial charge in [0, 0.05) is 18.6 Å². The number of amidine groups is 1. The highest BCUT2D eigenvalue weighted by atomic mass is 35.5. The lowest BCUT2D eigenvalue weighted by Gasteiger charge is -2.07. The standard InChI is InChI=1S/C10H13ClN2O3/c11-9-6-7(16-5-1-4-14)2-3-8(9)10(12)13-15/h2-3,6,14-15H,1,4-5H2,(H2,12,13). The lowest BCUT2D eigenvalue weighted by molar-refractivity contribution is 0.233. The number of aliphatic hydroxyl groups is 1. The van der Waals surface area contributed by atoms with Crippen molar-refractivity contribution in [2.45, 2.75) is 6.42 Å². The van der Waals surface area contributed by atoms with Crippen molar-refractivity contribution in [1.82, 2.24) is 0 Å². The first-order chi connectivity index (χ1) is 7.69. The summed E-state index contributed by atoms with van der Waals surface area (Å²) in [5.74, 6) is 0.528. The molecule has 1 aromatic carbocycles. The molecule has 0 saturated carbocycles. The molecule has 0 heterocycles. The van der Waals surface area contributed by atoms with Crippen molar-refractivity contribution >= 4 is 17.4 Å². The summed E-state index contributed by atoms with van der Waals surface area (Å²) < 4.78 is 5.31. The summed E-state index contributed by atoms with van der Waals surface area (Å²) in [5, 5.41) is 20.3. The molecule has 5 nitrogen and oxygen atoms in total. The number of halogens is 1. The van der Waals surface area contributed by atoms with Gasteiger partial charge in [0.1, 0.15) is 5.75 Å². The minimum atomic E-state index is -0.0492. The molecule has 0 amide bonds. The van der Waals surface area contributed by atoms with Crippen LogP contribution in [0.4, 0.5) is 0 Å². The number of nitrogens with two attached hydrogens (primary N) is 1. The quantitative estimate of drug-likeness (QED) is 0.239. The molecule has 0 spiro atoms. The third-order valence-electron chi connectivity index (χ3n) is 1.90. The molecule has 88 valence electrons. The summed E-state index contributed by atoms with van der Waals surface area (Å²) in [5.41, 5.74) is 5.85. The average molecular weight is 245 g/mol. The Morgan fingerprint density at radius 2 is 2.25 bits per heavy atom. The van der Waals surface area contributed by atoms with Gasteiger partial charge in [-0.25, -0.2) is 0 Å². The molecule has 4 N–H and O–H groups in total. The Morgan fingerprint density at radius 1 is 1.50 bits per heavy atom. The van der Waals surface area contributed by atoms with E-state index >= 15 is 0 Å². The minimum Gasteiger partial charge on any atom is -0.493 e. The maximum Gasteiger partial charge on any atom is 0.171 e. The zero-order valence-corrected chi connectivity index (χ0v) is 9.31. The van der Waals surface area contributed by atoms with Gasteiger partial charge in [-0.2, -0.15) is 0 Å². The van der Waals surface area contributed by atoms with Gasteiger partial charge in [-0.3, -0.25) is 0 Å². The van der Waals surface area contributed by atoms with Crippen LogP contribution in [0, 0.1) is 0 Å². The first-order valence-corrected chi connectivity index (χ1v) is 5.08. The van der Waals surface area contributed by atoms with E-state index in [1.54, 1.807) is 18.2 Å². The van der Waals surface area contributed by atoms with E-state index in [0.717, 1.165) is 0 Å². The van der Waals surface area contributed by atoms with Gasteiger partial charge in [-0.05, 0) is 18.2 Å². The normalized spacial score (nSPS) is 11.5. The molecule has 0 bridgehead atoms. The lowest BCUT2D eigenvalue weighted by atomic mass is 10.2. The van der Waals surface area contributed by atoms with Gasteiger partial charge in [-0.1, -0.05) is 16.8 Å². The molecule has 1 aromatic rings. The summed E-state index contributed by atoms with van der Waals surface area (Å²) in [4.78, 5) is 0. The predicted octanol–water partition coefficient (Wildman–Crippen LogP) is 1.20. The fourth-order valence-electron chi connectivity index (χ4n) is 1.10. The monoisotopic (exact) mass is 244 g/mol. The highest BCUT2D eigenvalue weighted by Gasteiger charge is 2.06. The Balaban J connectivity index is 2.75. The molecule has 0 unspecified atom stereocenters. The number of ether oxygens (including phenoxy) is 1. The molecule has 0 aliphatic carbocycles. The predicted molar refractivity (Wildman–Crippen MR) is 61.2 cm³/mol. The highest BCUT2D eigenvalue weighted by molar-refractivity contribution is 6.34. The highest BCUT2D eigenvalue weighted by Crippen LogP contribution is 2.22. The smallest absolute Gasteiger partial charge is 0.171 e. The molecule has 0 radical (unpaired) electrons. The van der Waals surface area contributed by atoms with Crippen molar-refractivity contribution < 1.29 is 15.1 Å². The Bertz CT molecular complexity index is 382. The second kappa shape index (κ2) is 6.19. The van der Waals surface area contributed by atoms with Crippen LogP contribution in [0.25, 0.3) is 0 Å². The van der Waals surface area contributed by atoms with Gasteiger partial charge < -0.3 is 20.8 Å². The Labute approximate surface area is 98.1 Å². The van der Waals surface area contributed by atoms with E-state index in [-0.39, 0.29) is 12.4 Å². The first kappa shape index (κ1) is 12.6. The van der Waals surface area contributed by atoms with Crippen molar-refractivity contribution in [3.63, 3.8) is 0 Å². The van der Waals surface area contributed by atoms with Crippen LogP contribution in [-0.4, -0.2) is 29.4 Å². The molecule has 0 aliphatic heterocycles. The molecule has 6 heteroatoms. The van der Waals surface area contributed by atoms with Crippen molar-refractivity contribution in [2.75, 3.05) is 13.2 Å². The molecular weight excluding hydrogens is 232 g/mol. The van der Waals surface area contributed by atoms with Crippen LogP contribution in [0.1, 0.15) is 12.0 Å². The van der Waals surface area contributed by atoms with Gasteiger partial charge in [0.25, 0.3) is 0 Å². The number of aliphatic hydroxyl groups excluding tert-OH is 1. The van der Waals surface area contributed by atoms with Crippen molar-refractivity contribution in [3.8, 4) is 5.75 Å². The number of hydrogen-bond donors (Lipinski definition) is 3. The number of hydrogen-bond acceptors (Lipinski definition) is 4. The maximum absolute atomic E-state index is 8.58. The van der Waals surface area contributed by atoms with Crippen molar-refractivity contribution in [1.29, 1.82) is 0 Å². The van der Waals surface area contributed by atoms with E-state index in [2.05, 4.69) is 5.16 Å². The Morgan fingerprint density at radius 3 is 2.81 bits per heavy atom.